The average Bonchev–Trinajstić information content (AvgIpc) is 1.86. The van der Waals surface area contributed by atoms with Crippen LogP contribution in [-0.4, -0.2) is 33.0 Å². The van der Waals surface area contributed by atoms with Crippen LogP contribution in [-0.2, 0) is 9.84 Å². The lowest BCUT2D eigenvalue weighted by atomic mass is 10.4. The minimum absolute atomic E-state index is 0.269. The van der Waals surface area contributed by atoms with Gasteiger partial charge in [-0.15, -0.1) is 0 Å². The number of rotatable bonds is 5. The molecule has 0 aromatic heterocycles. The van der Waals surface area contributed by atoms with E-state index >= 15 is 0 Å². The third-order valence-electron chi connectivity index (χ3n) is 1.59. The van der Waals surface area contributed by atoms with Crippen LogP contribution < -0.4 is 5.32 Å². The van der Waals surface area contributed by atoms with Gasteiger partial charge in [-0.3, -0.25) is 0 Å². The molecule has 0 aliphatic rings. The van der Waals surface area contributed by atoms with Crippen molar-refractivity contribution in [2.75, 3.05) is 19.3 Å². The van der Waals surface area contributed by atoms with E-state index < -0.39 is 9.84 Å². The molecule has 0 aromatic rings. The predicted molar refractivity (Wildman–Crippen MR) is 47.5 cm³/mol. The van der Waals surface area contributed by atoms with Gasteiger partial charge in [-0.05, 0) is 19.9 Å². The largest absolute Gasteiger partial charge is 0.315 e. The Bertz CT molecular complexity index is 187. The molecule has 0 saturated heterocycles. The molecule has 0 aliphatic carbocycles. The van der Waals surface area contributed by atoms with Crippen LogP contribution in [0.1, 0.15) is 20.3 Å². The fourth-order valence-electron chi connectivity index (χ4n) is 0.633. The van der Waals surface area contributed by atoms with E-state index in [2.05, 4.69) is 12.2 Å². The molecule has 0 amide bonds. The SMILES string of the molecule is CCCNCC(C)S(C)(=O)=O. The number of sulfone groups is 1. The summed E-state index contributed by atoms with van der Waals surface area (Å²) in [4.78, 5) is 0. The highest BCUT2D eigenvalue weighted by Gasteiger charge is 2.12. The van der Waals surface area contributed by atoms with Gasteiger partial charge in [-0.2, -0.15) is 0 Å². The van der Waals surface area contributed by atoms with Gasteiger partial charge in [-0.25, -0.2) is 8.42 Å². The lowest BCUT2D eigenvalue weighted by Gasteiger charge is -2.09. The van der Waals surface area contributed by atoms with Gasteiger partial charge in [0, 0.05) is 12.8 Å². The number of nitrogens with one attached hydrogen (secondary N) is 1. The molecule has 0 radical (unpaired) electrons. The van der Waals surface area contributed by atoms with E-state index in [0.29, 0.717) is 6.54 Å². The molecule has 0 aliphatic heterocycles. The summed E-state index contributed by atoms with van der Waals surface area (Å²) in [7, 11) is -2.85. The van der Waals surface area contributed by atoms with Crippen molar-refractivity contribution in [1.82, 2.24) is 5.32 Å². The monoisotopic (exact) mass is 179 g/mol. The Morgan fingerprint density at radius 1 is 1.45 bits per heavy atom. The van der Waals surface area contributed by atoms with Gasteiger partial charge in [0.25, 0.3) is 0 Å². The molecule has 68 valence electrons. The zero-order valence-electron chi connectivity index (χ0n) is 7.42. The average molecular weight is 179 g/mol. The van der Waals surface area contributed by atoms with Gasteiger partial charge in [0.2, 0.25) is 0 Å². The van der Waals surface area contributed by atoms with E-state index in [1.807, 2.05) is 0 Å². The van der Waals surface area contributed by atoms with Crippen molar-refractivity contribution in [2.45, 2.75) is 25.5 Å². The van der Waals surface area contributed by atoms with E-state index in [-0.39, 0.29) is 5.25 Å². The normalized spacial score (nSPS) is 14.8. The van der Waals surface area contributed by atoms with E-state index in [1.165, 1.54) is 6.26 Å². The summed E-state index contributed by atoms with van der Waals surface area (Å²) in [5.74, 6) is 0. The highest BCUT2D eigenvalue weighted by molar-refractivity contribution is 7.91. The molecular formula is C7H17NO2S. The van der Waals surface area contributed by atoms with Crippen LogP contribution in [0.15, 0.2) is 0 Å². The molecule has 0 bridgehead atoms. The summed E-state index contributed by atoms with van der Waals surface area (Å²) in [6, 6.07) is 0. The quantitative estimate of drug-likeness (QED) is 0.622. The summed E-state index contributed by atoms with van der Waals surface area (Å²) in [6.07, 6.45) is 2.31. The fourth-order valence-corrected chi connectivity index (χ4v) is 1.05. The third-order valence-corrected chi connectivity index (χ3v) is 3.22. The Balaban J connectivity index is 3.62. The summed E-state index contributed by atoms with van der Waals surface area (Å²) < 4.78 is 21.8. The van der Waals surface area contributed by atoms with E-state index in [4.69, 9.17) is 0 Å². The first-order chi connectivity index (χ1) is 4.98. The maximum Gasteiger partial charge on any atom is 0.151 e. The molecule has 0 spiro atoms. The first-order valence-corrected chi connectivity index (χ1v) is 5.83. The Kier molecular flexibility index (Phi) is 4.68. The number of hydrogen-bond donors (Lipinski definition) is 1. The molecule has 0 aromatic carbocycles. The van der Waals surface area contributed by atoms with Crippen molar-refractivity contribution >= 4 is 9.84 Å². The summed E-state index contributed by atoms with van der Waals surface area (Å²) in [6.45, 7) is 5.22. The van der Waals surface area contributed by atoms with Crippen LogP contribution in [0.4, 0.5) is 0 Å². The second kappa shape index (κ2) is 4.72. The lowest BCUT2D eigenvalue weighted by Crippen LogP contribution is -2.30. The smallest absolute Gasteiger partial charge is 0.151 e. The summed E-state index contributed by atoms with van der Waals surface area (Å²) in [5.41, 5.74) is 0. The fraction of sp³-hybridized carbons (Fsp3) is 1.00. The van der Waals surface area contributed by atoms with Crippen molar-refractivity contribution in [2.24, 2.45) is 0 Å². The maximum atomic E-state index is 10.9. The minimum Gasteiger partial charge on any atom is -0.315 e. The highest BCUT2D eigenvalue weighted by atomic mass is 32.2. The molecule has 3 nitrogen and oxygen atoms in total. The van der Waals surface area contributed by atoms with Crippen LogP contribution in [0.2, 0.25) is 0 Å². The Hall–Kier alpha value is -0.0900. The van der Waals surface area contributed by atoms with Crippen molar-refractivity contribution in [3.05, 3.63) is 0 Å². The highest BCUT2D eigenvalue weighted by Crippen LogP contribution is 1.94. The van der Waals surface area contributed by atoms with Gasteiger partial charge in [0.15, 0.2) is 9.84 Å². The van der Waals surface area contributed by atoms with E-state index in [9.17, 15) is 8.42 Å². The van der Waals surface area contributed by atoms with Crippen LogP contribution in [0.25, 0.3) is 0 Å². The molecule has 0 rings (SSSR count). The predicted octanol–water partition coefficient (Wildman–Crippen LogP) is 0.419. The summed E-state index contributed by atoms with van der Waals surface area (Å²) >= 11 is 0. The van der Waals surface area contributed by atoms with Gasteiger partial charge < -0.3 is 5.32 Å². The molecular weight excluding hydrogens is 162 g/mol. The van der Waals surface area contributed by atoms with Crippen LogP contribution >= 0.6 is 0 Å². The maximum absolute atomic E-state index is 10.9. The van der Waals surface area contributed by atoms with Crippen molar-refractivity contribution in [3.8, 4) is 0 Å². The van der Waals surface area contributed by atoms with Gasteiger partial charge >= 0.3 is 0 Å². The van der Waals surface area contributed by atoms with Crippen molar-refractivity contribution in [3.63, 3.8) is 0 Å². The Labute approximate surface area is 69.1 Å². The van der Waals surface area contributed by atoms with Gasteiger partial charge in [0.05, 0.1) is 5.25 Å². The molecule has 0 heterocycles. The molecule has 1 N–H and O–H groups in total. The second-order valence-corrected chi connectivity index (χ2v) is 5.31. The van der Waals surface area contributed by atoms with Crippen LogP contribution in [0, 0.1) is 0 Å². The standard InChI is InChI=1S/C7H17NO2S/c1-4-5-8-6-7(2)11(3,9)10/h7-8H,4-6H2,1-3H3. The minimum atomic E-state index is -2.85. The summed E-state index contributed by atoms with van der Waals surface area (Å²) in [5, 5.41) is 2.79. The van der Waals surface area contributed by atoms with E-state index in [1.54, 1.807) is 6.92 Å². The van der Waals surface area contributed by atoms with Gasteiger partial charge in [0.1, 0.15) is 0 Å². The van der Waals surface area contributed by atoms with E-state index in [0.717, 1.165) is 13.0 Å². The first kappa shape index (κ1) is 10.9. The molecule has 4 heteroatoms. The lowest BCUT2D eigenvalue weighted by molar-refractivity contribution is 0.576. The third kappa shape index (κ3) is 5.21. The molecule has 0 fully saturated rings. The molecule has 1 unspecified atom stereocenters. The zero-order valence-corrected chi connectivity index (χ0v) is 8.24. The second-order valence-electron chi connectivity index (χ2n) is 2.84. The first-order valence-electron chi connectivity index (χ1n) is 3.88. The Morgan fingerprint density at radius 2 is 2.00 bits per heavy atom. The topological polar surface area (TPSA) is 46.2 Å². The molecule has 0 saturated carbocycles. The van der Waals surface area contributed by atoms with Crippen molar-refractivity contribution < 1.29 is 8.42 Å². The number of hydrogen-bond acceptors (Lipinski definition) is 3. The zero-order chi connectivity index (χ0) is 8.91. The van der Waals surface area contributed by atoms with Crippen LogP contribution in [0.5, 0.6) is 0 Å². The van der Waals surface area contributed by atoms with Crippen LogP contribution in [0.3, 0.4) is 0 Å². The molecule has 11 heavy (non-hydrogen) atoms. The molecule has 1 atom stereocenters. The van der Waals surface area contributed by atoms with Gasteiger partial charge in [-0.1, -0.05) is 6.92 Å². The Morgan fingerprint density at radius 3 is 2.36 bits per heavy atom. The van der Waals surface area contributed by atoms with Crippen molar-refractivity contribution in [1.29, 1.82) is 0 Å².